The van der Waals surface area contributed by atoms with Crippen molar-refractivity contribution in [3.63, 3.8) is 0 Å². The molecule has 0 N–H and O–H groups in total. The van der Waals surface area contributed by atoms with E-state index >= 15 is 0 Å². The average molecular weight is 599 g/mol. The number of carbonyl (C=O) groups excluding carboxylic acids is 1. The molecule has 3 heterocycles. The van der Waals surface area contributed by atoms with Gasteiger partial charge in [-0.25, -0.2) is 9.79 Å². The van der Waals surface area contributed by atoms with Gasteiger partial charge in [-0.1, -0.05) is 29.5 Å². The number of thiazole rings is 1. The highest BCUT2D eigenvalue weighted by atomic mass is 32.1. The van der Waals surface area contributed by atoms with Crippen molar-refractivity contribution in [3.8, 4) is 11.4 Å². The molecule has 8 nitrogen and oxygen atoms in total. The number of nitrogens with zero attached hydrogens (tertiary/aromatic N) is 4. The fraction of sp³-hybridized carbons (Fsp3) is 0.324. The second-order valence-electron chi connectivity index (χ2n) is 11.1. The van der Waals surface area contributed by atoms with Gasteiger partial charge in [-0.05, 0) is 89.6 Å². The third-order valence-electron chi connectivity index (χ3n) is 7.47. The number of fused-ring (bicyclic) bond motifs is 1. The van der Waals surface area contributed by atoms with E-state index in [4.69, 9.17) is 14.5 Å². The molecular weight excluding hydrogens is 560 g/mol. The fourth-order valence-corrected chi connectivity index (χ4v) is 6.56. The Hall–Kier alpha value is -4.37. The number of aromatic nitrogens is 2. The number of benzene rings is 2. The zero-order chi connectivity index (χ0) is 31.0. The number of ether oxygens (including phenoxy) is 2. The molecule has 224 valence electrons. The number of para-hydroxylation sites is 1. The van der Waals surface area contributed by atoms with Gasteiger partial charge in [-0.3, -0.25) is 9.36 Å². The second-order valence-corrected chi connectivity index (χ2v) is 12.1. The Morgan fingerprint density at radius 3 is 2.44 bits per heavy atom. The molecule has 0 saturated carbocycles. The number of rotatable bonds is 8. The molecular formula is C34H38N4O4S. The minimum absolute atomic E-state index is 0.0950. The summed E-state index contributed by atoms with van der Waals surface area (Å²) in [5.74, 6) is 0.114. The molecule has 1 aliphatic rings. The topological polar surface area (TPSA) is 78.1 Å². The van der Waals surface area contributed by atoms with Crippen molar-refractivity contribution in [2.75, 3.05) is 25.6 Å². The molecule has 1 atom stereocenters. The monoisotopic (exact) mass is 598 g/mol. The van der Waals surface area contributed by atoms with Gasteiger partial charge >= 0.3 is 5.97 Å². The number of carbonyl (C=O) groups is 1. The largest absolute Gasteiger partial charge is 0.491 e. The van der Waals surface area contributed by atoms with Gasteiger partial charge in [0.1, 0.15) is 11.8 Å². The summed E-state index contributed by atoms with van der Waals surface area (Å²) in [6, 6.07) is 17.3. The minimum Gasteiger partial charge on any atom is -0.491 e. The van der Waals surface area contributed by atoms with Gasteiger partial charge in [0, 0.05) is 42.4 Å². The van der Waals surface area contributed by atoms with E-state index in [2.05, 4.69) is 53.6 Å². The Bertz CT molecular complexity index is 1890. The molecule has 0 spiro atoms. The van der Waals surface area contributed by atoms with Crippen LogP contribution in [0, 0.1) is 13.8 Å². The van der Waals surface area contributed by atoms with E-state index in [1.54, 1.807) is 18.4 Å². The summed E-state index contributed by atoms with van der Waals surface area (Å²) in [6.07, 6.45) is 1.83. The van der Waals surface area contributed by atoms with Crippen molar-refractivity contribution in [2.45, 2.75) is 53.7 Å². The lowest BCUT2D eigenvalue weighted by Gasteiger charge is -2.26. The number of hydrogen-bond acceptors (Lipinski definition) is 7. The maximum absolute atomic E-state index is 14.2. The van der Waals surface area contributed by atoms with E-state index in [0.717, 1.165) is 28.3 Å². The highest BCUT2D eigenvalue weighted by Gasteiger charge is 2.35. The molecule has 43 heavy (non-hydrogen) atoms. The molecule has 5 rings (SSSR count). The summed E-state index contributed by atoms with van der Waals surface area (Å²) in [6.45, 7) is 11.8. The van der Waals surface area contributed by atoms with Crippen LogP contribution in [-0.4, -0.2) is 41.9 Å². The summed E-state index contributed by atoms with van der Waals surface area (Å²) in [5, 5.41) is 0. The summed E-state index contributed by atoms with van der Waals surface area (Å²) >= 11 is 1.32. The molecule has 0 unspecified atom stereocenters. The fourth-order valence-electron chi connectivity index (χ4n) is 5.53. The number of esters is 1. The average Bonchev–Trinajstić information content (AvgIpc) is 3.41. The molecule has 0 fully saturated rings. The minimum atomic E-state index is -0.741. The molecule has 0 bridgehead atoms. The van der Waals surface area contributed by atoms with Crippen molar-refractivity contribution in [2.24, 2.45) is 4.99 Å². The van der Waals surface area contributed by atoms with Crippen LogP contribution in [-0.2, 0) is 9.53 Å². The molecule has 0 radical (unpaired) electrons. The summed E-state index contributed by atoms with van der Waals surface area (Å²) in [4.78, 5) is 34.8. The van der Waals surface area contributed by atoms with Crippen LogP contribution in [0.4, 0.5) is 5.69 Å². The van der Waals surface area contributed by atoms with Crippen molar-refractivity contribution >= 4 is 29.1 Å². The first-order chi connectivity index (χ1) is 20.5. The first kappa shape index (κ1) is 30.1. The van der Waals surface area contributed by atoms with E-state index < -0.39 is 12.0 Å². The van der Waals surface area contributed by atoms with Crippen LogP contribution in [0.2, 0.25) is 0 Å². The van der Waals surface area contributed by atoms with Crippen molar-refractivity contribution < 1.29 is 14.3 Å². The first-order valence-electron chi connectivity index (χ1n) is 14.4. The van der Waals surface area contributed by atoms with Gasteiger partial charge in [0.05, 0.1) is 28.5 Å². The number of allylic oxidation sites excluding steroid dienone is 1. The van der Waals surface area contributed by atoms with Crippen LogP contribution in [0.1, 0.15) is 56.3 Å². The Labute approximate surface area is 255 Å². The normalized spacial score (nSPS) is 15.0. The predicted molar refractivity (Wildman–Crippen MR) is 172 cm³/mol. The smallest absolute Gasteiger partial charge is 0.338 e. The van der Waals surface area contributed by atoms with Gasteiger partial charge in [-0.15, -0.1) is 0 Å². The third-order valence-corrected chi connectivity index (χ3v) is 8.46. The van der Waals surface area contributed by atoms with Gasteiger partial charge in [0.25, 0.3) is 5.56 Å². The lowest BCUT2D eigenvalue weighted by Crippen LogP contribution is -2.40. The van der Waals surface area contributed by atoms with E-state index in [-0.39, 0.29) is 18.3 Å². The van der Waals surface area contributed by atoms with E-state index in [0.29, 0.717) is 31.9 Å². The van der Waals surface area contributed by atoms with Gasteiger partial charge in [-0.2, -0.15) is 0 Å². The van der Waals surface area contributed by atoms with Gasteiger partial charge in [0.15, 0.2) is 4.80 Å². The number of aryl methyl sites for hydroxylation is 1. The number of anilines is 1. The maximum Gasteiger partial charge on any atom is 0.338 e. The standard InChI is InChI=1S/C34H38N4O4S/c1-9-41-33(40)30-22(5)35-34-38(31(30)27-12-10-11-13-28(27)42-20(2)3)32(39)29(43-34)19-24-18-21(4)37(23(24)6)26-16-14-25(15-17-26)36(7)8/h10-20,31H,9H2,1-8H3/b29-19+/t31-/m0/s1. The molecule has 2 aromatic heterocycles. The van der Waals surface area contributed by atoms with Crippen LogP contribution in [0.15, 0.2) is 75.7 Å². The molecule has 1 aliphatic heterocycles. The quantitative estimate of drug-likeness (QED) is 0.265. The molecule has 4 aromatic rings. The van der Waals surface area contributed by atoms with E-state index in [1.807, 2.05) is 58.3 Å². The summed E-state index contributed by atoms with van der Waals surface area (Å²) in [5.41, 5.74) is 6.56. The lowest BCUT2D eigenvalue weighted by atomic mass is 9.95. The zero-order valence-corrected chi connectivity index (χ0v) is 26.8. The van der Waals surface area contributed by atoms with Crippen LogP contribution >= 0.6 is 11.3 Å². The molecule has 2 aromatic carbocycles. The van der Waals surface area contributed by atoms with Crippen molar-refractivity contribution in [1.82, 2.24) is 9.13 Å². The lowest BCUT2D eigenvalue weighted by molar-refractivity contribution is -0.139. The first-order valence-corrected chi connectivity index (χ1v) is 15.2. The van der Waals surface area contributed by atoms with E-state index in [9.17, 15) is 9.59 Å². The highest BCUT2D eigenvalue weighted by Crippen LogP contribution is 2.36. The molecule has 0 aliphatic carbocycles. The van der Waals surface area contributed by atoms with E-state index in [1.165, 1.54) is 11.3 Å². The zero-order valence-electron chi connectivity index (χ0n) is 26.0. The molecule has 0 saturated heterocycles. The second kappa shape index (κ2) is 12.1. The van der Waals surface area contributed by atoms with Crippen LogP contribution in [0.3, 0.4) is 0 Å². The van der Waals surface area contributed by atoms with Gasteiger partial charge in [0.2, 0.25) is 0 Å². The van der Waals surface area contributed by atoms with Gasteiger partial charge < -0.3 is 18.9 Å². The Kier molecular flexibility index (Phi) is 8.46. The maximum atomic E-state index is 14.2. The summed E-state index contributed by atoms with van der Waals surface area (Å²) < 4.78 is 15.9. The summed E-state index contributed by atoms with van der Waals surface area (Å²) in [7, 11) is 4.04. The highest BCUT2D eigenvalue weighted by molar-refractivity contribution is 7.07. The molecule has 0 amide bonds. The van der Waals surface area contributed by atoms with Crippen LogP contribution in [0.25, 0.3) is 11.8 Å². The Morgan fingerprint density at radius 1 is 1.09 bits per heavy atom. The van der Waals surface area contributed by atoms with Crippen LogP contribution < -0.4 is 24.5 Å². The Morgan fingerprint density at radius 2 is 1.79 bits per heavy atom. The van der Waals surface area contributed by atoms with Crippen LogP contribution in [0.5, 0.6) is 5.75 Å². The molecule has 9 heteroatoms. The third kappa shape index (κ3) is 5.69. The number of hydrogen-bond donors (Lipinski definition) is 0. The Balaban J connectivity index is 1.68. The van der Waals surface area contributed by atoms with Crippen molar-refractivity contribution in [3.05, 3.63) is 108 Å². The van der Waals surface area contributed by atoms with Crippen molar-refractivity contribution in [1.29, 1.82) is 0 Å². The SMILES string of the molecule is CCOC(=O)C1=C(C)N=c2s/c(=C/c3cc(C)n(-c4ccc(N(C)C)cc4)c3C)c(=O)n2[C@H]1c1ccccc1OC(C)C. The predicted octanol–water partition coefficient (Wildman–Crippen LogP) is 5.06.